The second-order valence-electron chi connectivity index (χ2n) is 8.72. The van der Waals surface area contributed by atoms with Gasteiger partial charge in [-0.15, -0.1) is 0 Å². The number of benzene rings is 4. The second-order valence-corrected chi connectivity index (χ2v) is 8.72. The monoisotopic (exact) mass is 451 g/mol. The van der Waals surface area contributed by atoms with Crippen molar-refractivity contribution >= 4 is 23.2 Å². The molecule has 0 fully saturated rings. The molecule has 0 heterocycles. The van der Waals surface area contributed by atoms with E-state index in [1.807, 2.05) is 62.4 Å². The first-order valence-electron chi connectivity index (χ1n) is 11.3. The molecule has 0 atom stereocenters. The van der Waals surface area contributed by atoms with Gasteiger partial charge in [-0.1, -0.05) is 78.9 Å². The first kappa shape index (κ1) is 22.9. The van der Waals surface area contributed by atoms with E-state index in [4.69, 9.17) is 5.11 Å². The summed E-state index contributed by atoms with van der Waals surface area (Å²) in [5.74, 6) is 0. The molecule has 4 N–H and O–H groups in total. The van der Waals surface area contributed by atoms with E-state index < -0.39 is 11.6 Å². The molecule has 5 heteroatoms. The summed E-state index contributed by atoms with van der Waals surface area (Å²) in [4.78, 5) is 11.0. The van der Waals surface area contributed by atoms with E-state index in [0.29, 0.717) is 6.54 Å². The highest BCUT2D eigenvalue weighted by Crippen LogP contribution is 2.28. The van der Waals surface area contributed by atoms with E-state index in [9.17, 15) is 4.79 Å². The Labute approximate surface area is 200 Å². The highest BCUT2D eigenvalue weighted by Gasteiger charge is 2.22. The lowest BCUT2D eigenvalue weighted by atomic mass is 9.94. The van der Waals surface area contributed by atoms with E-state index >= 15 is 0 Å². The van der Waals surface area contributed by atoms with Crippen LogP contribution in [-0.4, -0.2) is 11.2 Å². The van der Waals surface area contributed by atoms with Crippen LogP contribution >= 0.6 is 0 Å². The first-order chi connectivity index (χ1) is 16.4. The molecule has 0 saturated heterocycles. The predicted octanol–water partition coefficient (Wildman–Crippen LogP) is 7.21. The van der Waals surface area contributed by atoms with Crippen LogP contribution in [0.1, 0.15) is 25.0 Å². The van der Waals surface area contributed by atoms with Gasteiger partial charge in [0.25, 0.3) is 0 Å². The summed E-state index contributed by atoms with van der Waals surface area (Å²) >= 11 is 0. The number of hydrogen-bond acceptors (Lipinski definition) is 3. The third kappa shape index (κ3) is 5.75. The molecule has 34 heavy (non-hydrogen) atoms. The zero-order valence-corrected chi connectivity index (χ0v) is 19.4. The molecule has 4 aromatic rings. The van der Waals surface area contributed by atoms with Gasteiger partial charge in [-0.25, -0.2) is 4.79 Å². The number of carbonyl (C=O) groups is 1. The fraction of sp³-hybridized carbons (Fsp3) is 0.138. The fourth-order valence-corrected chi connectivity index (χ4v) is 3.85. The van der Waals surface area contributed by atoms with Crippen molar-refractivity contribution in [1.82, 2.24) is 5.32 Å². The van der Waals surface area contributed by atoms with Crippen molar-refractivity contribution < 1.29 is 9.90 Å². The van der Waals surface area contributed by atoms with E-state index in [1.165, 1.54) is 16.7 Å². The maximum atomic E-state index is 11.0. The van der Waals surface area contributed by atoms with Crippen molar-refractivity contribution in [2.45, 2.75) is 25.9 Å². The number of rotatable bonds is 8. The number of hydrogen-bond donors (Lipinski definition) is 4. The molecule has 0 radical (unpaired) electrons. The highest BCUT2D eigenvalue weighted by molar-refractivity contribution is 5.74. The molecule has 4 rings (SSSR count). The summed E-state index contributed by atoms with van der Waals surface area (Å²) in [7, 11) is 0. The minimum Gasteiger partial charge on any atom is -0.465 e. The third-order valence-electron chi connectivity index (χ3n) is 5.78. The minimum absolute atomic E-state index is 0.667. The van der Waals surface area contributed by atoms with Gasteiger partial charge in [0, 0.05) is 12.2 Å². The number of nitrogens with one attached hydrogen (secondary N) is 3. The van der Waals surface area contributed by atoms with Crippen molar-refractivity contribution in [2.75, 3.05) is 10.6 Å². The molecule has 172 valence electrons. The average Bonchev–Trinajstić information content (AvgIpc) is 2.84. The Kier molecular flexibility index (Phi) is 6.83. The summed E-state index contributed by atoms with van der Waals surface area (Å²) in [6.45, 7) is 4.39. The maximum absolute atomic E-state index is 11.0. The van der Waals surface area contributed by atoms with Crippen LogP contribution in [0.5, 0.6) is 0 Å². The zero-order chi connectivity index (χ0) is 24.0. The maximum Gasteiger partial charge on any atom is 0.405 e. The molecular formula is C29H29N3O2. The molecule has 0 aromatic heterocycles. The van der Waals surface area contributed by atoms with E-state index in [1.54, 1.807) is 0 Å². The van der Waals surface area contributed by atoms with Gasteiger partial charge in [0.15, 0.2) is 0 Å². The zero-order valence-electron chi connectivity index (χ0n) is 19.4. The number of amides is 1. The van der Waals surface area contributed by atoms with Crippen LogP contribution in [-0.2, 0) is 12.1 Å². The summed E-state index contributed by atoms with van der Waals surface area (Å²) in [5, 5.41) is 18.6. The Morgan fingerprint density at radius 1 is 0.735 bits per heavy atom. The molecule has 4 aromatic carbocycles. The lowest BCUT2D eigenvalue weighted by Crippen LogP contribution is -2.39. The second kappa shape index (κ2) is 10.1. The molecule has 0 saturated carbocycles. The SMILES string of the molecule is CC(C)(NC(=O)O)c1ccc(Nc2ccccc2NCc2ccc(-c3ccccc3)cc2)cc1. The van der Waals surface area contributed by atoms with Crippen LogP contribution in [0.15, 0.2) is 103 Å². The molecule has 0 spiro atoms. The summed E-state index contributed by atoms with van der Waals surface area (Å²) < 4.78 is 0. The number of anilines is 3. The van der Waals surface area contributed by atoms with Gasteiger partial charge >= 0.3 is 6.09 Å². The van der Waals surface area contributed by atoms with E-state index in [-0.39, 0.29) is 0 Å². The van der Waals surface area contributed by atoms with Crippen molar-refractivity contribution in [1.29, 1.82) is 0 Å². The van der Waals surface area contributed by atoms with Crippen molar-refractivity contribution in [3.05, 3.63) is 114 Å². The van der Waals surface area contributed by atoms with Crippen molar-refractivity contribution in [2.24, 2.45) is 0 Å². The van der Waals surface area contributed by atoms with Gasteiger partial charge in [0.1, 0.15) is 0 Å². The minimum atomic E-state index is -1.04. The van der Waals surface area contributed by atoms with Crippen LogP contribution < -0.4 is 16.0 Å². The molecule has 0 aliphatic heterocycles. The largest absolute Gasteiger partial charge is 0.465 e. The van der Waals surface area contributed by atoms with Crippen LogP contribution in [0.4, 0.5) is 21.9 Å². The Balaban J connectivity index is 1.42. The summed E-state index contributed by atoms with van der Waals surface area (Å²) in [5.41, 5.74) is 6.75. The lowest BCUT2D eigenvalue weighted by Gasteiger charge is -2.25. The summed E-state index contributed by atoms with van der Waals surface area (Å²) in [6, 6.07) is 34.8. The smallest absolute Gasteiger partial charge is 0.405 e. The highest BCUT2D eigenvalue weighted by atomic mass is 16.4. The number of para-hydroxylation sites is 2. The van der Waals surface area contributed by atoms with E-state index in [0.717, 1.165) is 22.6 Å². The Bertz CT molecular complexity index is 1230. The van der Waals surface area contributed by atoms with Gasteiger partial charge in [-0.05, 0) is 60.4 Å². The standard InChI is InChI=1S/C29H29N3O2/c1-29(2,32-28(33)34)24-16-18-25(19-17-24)31-27-11-7-6-10-26(27)30-20-21-12-14-23(15-13-21)22-8-4-3-5-9-22/h3-19,30-32H,20H2,1-2H3,(H,33,34). The van der Waals surface area contributed by atoms with Crippen LogP contribution in [0, 0.1) is 0 Å². The predicted molar refractivity (Wildman–Crippen MR) is 140 cm³/mol. The molecule has 0 bridgehead atoms. The van der Waals surface area contributed by atoms with Gasteiger partial charge < -0.3 is 21.1 Å². The molecular weight excluding hydrogens is 422 g/mol. The molecule has 0 unspecified atom stereocenters. The number of carboxylic acid groups (broad SMARTS) is 1. The average molecular weight is 452 g/mol. The van der Waals surface area contributed by atoms with Crippen molar-refractivity contribution in [3.8, 4) is 11.1 Å². The Hall–Kier alpha value is -4.25. The Morgan fingerprint density at radius 3 is 1.97 bits per heavy atom. The molecule has 5 nitrogen and oxygen atoms in total. The van der Waals surface area contributed by atoms with Gasteiger partial charge in [0.2, 0.25) is 0 Å². The van der Waals surface area contributed by atoms with Crippen LogP contribution in [0.25, 0.3) is 11.1 Å². The van der Waals surface area contributed by atoms with Gasteiger partial charge in [0.05, 0.1) is 16.9 Å². The molecule has 1 amide bonds. The third-order valence-corrected chi connectivity index (χ3v) is 5.78. The molecule has 0 aliphatic rings. The van der Waals surface area contributed by atoms with Crippen molar-refractivity contribution in [3.63, 3.8) is 0 Å². The Morgan fingerprint density at radius 2 is 1.32 bits per heavy atom. The van der Waals surface area contributed by atoms with Gasteiger partial charge in [-0.3, -0.25) is 0 Å². The summed E-state index contributed by atoms with van der Waals surface area (Å²) in [6.07, 6.45) is -1.04. The van der Waals surface area contributed by atoms with Crippen LogP contribution in [0.3, 0.4) is 0 Å². The molecule has 0 aliphatic carbocycles. The van der Waals surface area contributed by atoms with Gasteiger partial charge in [-0.2, -0.15) is 0 Å². The quantitative estimate of drug-likeness (QED) is 0.228. The normalized spacial score (nSPS) is 11.0. The topological polar surface area (TPSA) is 73.4 Å². The van der Waals surface area contributed by atoms with E-state index in [2.05, 4.69) is 70.5 Å². The first-order valence-corrected chi connectivity index (χ1v) is 11.3. The van der Waals surface area contributed by atoms with Crippen LogP contribution in [0.2, 0.25) is 0 Å². The lowest BCUT2D eigenvalue weighted by molar-refractivity contribution is 0.182. The fourth-order valence-electron chi connectivity index (χ4n) is 3.85.